The summed E-state index contributed by atoms with van der Waals surface area (Å²) < 4.78 is 6.36. The van der Waals surface area contributed by atoms with Gasteiger partial charge in [0.15, 0.2) is 4.67 Å². The highest BCUT2D eigenvalue weighted by atomic mass is 79.9. The minimum absolute atomic E-state index is 0.355. The third-order valence-electron chi connectivity index (χ3n) is 2.63. The van der Waals surface area contributed by atoms with Crippen LogP contribution in [0.3, 0.4) is 0 Å². The molecule has 0 bridgehead atoms. The average Bonchev–Trinajstić information content (AvgIpc) is 2.65. The van der Waals surface area contributed by atoms with Crippen molar-refractivity contribution >= 4 is 15.9 Å². The second-order valence-corrected chi connectivity index (χ2v) is 4.61. The lowest BCUT2D eigenvalue weighted by Crippen LogP contribution is -2.15. The summed E-state index contributed by atoms with van der Waals surface area (Å²) in [4.78, 5) is 0. The standard InChI is InChI=1S/C12H20BrNO/c1-3-4-5-6-7-10(14-2)11-8-9-12(13)15-11/h8-10,14H,3-7H2,1-2H3. The van der Waals surface area contributed by atoms with Crippen molar-refractivity contribution in [2.45, 2.75) is 45.1 Å². The van der Waals surface area contributed by atoms with E-state index in [0.717, 1.165) is 16.9 Å². The monoisotopic (exact) mass is 273 g/mol. The van der Waals surface area contributed by atoms with Crippen LogP contribution >= 0.6 is 15.9 Å². The van der Waals surface area contributed by atoms with Gasteiger partial charge in [-0.2, -0.15) is 0 Å². The Bertz CT molecular complexity index is 272. The fraction of sp³-hybridized carbons (Fsp3) is 0.667. The fourth-order valence-electron chi connectivity index (χ4n) is 1.72. The highest BCUT2D eigenvalue weighted by Crippen LogP contribution is 2.24. The van der Waals surface area contributed by atoms with E-state index in [2.05, 4.69) is 28.2 Å². The smallest absolute Gasteiger partial charge is 0.169 e. The van der Waals surface area contributed by atoms with E-state index in [1.165, 1.54) is 25.7 Å². The minimum atomic E-state index is 0.355. The maximum absolute atomic E-state index is 5.55. The number of hydrogen-bond donors (Lipinski definition) is 1. The summed E-state index contributed by atoms with van der Waals surface area (Å²) in [7, 11) is 1.99. The Morgan fingerprint density at radius 2 is 2.13 bits per heavy atom. The van der Waals surface area contributed by atoms with E-state index in [-0.39, 0.29) is 0 Å². The Hall–Kier alpha value is -0.280. The number of furan rings is 1. The lowest BCUT2D eigenvalue weighted by atomic mass is 10.1. The maximum atomic E-state index is 5.55. The summed E-state index contributed by atoms with van der Waals surface area (Å²) in [6.07, 6.45) is 6.35. The van der Waals surface area contributed by atoms with Gasteiger partial charge in [-0.1, -0.05) is 32.6 Å². The van der Waals surface area contributed by atoms with E-state index in [4.69, 9.17) is 4.42 Å². The predicted molar refractivity (Wildman–Crippen MR) is 67.0 cm³/mol. The molecule has 0 aliphatic heterocycles. The van der Waals surface area contributed by atoms with Crippen molar-refractivity contribution in [3.8, 4) is 0 Å². The average molecular weight is 274 g/mol. The summed E-state index contributed by atoms with van der Waals surface area (Å²) in [5.41, 5.74) is 0. The van der Waals surface area contributed by atoms with Gasteiger partial charge in [-0.3, -0.25) is 0 Å². The SMILES string of the molecule is CCCCCCC(NC)c1ccc(Br)o1. The first kappa shape index (κ1) is 12.8. The summed E-state index contributed by atoms with van der Waals surface area (Å²) in [6.45, 7) is 2.24. The zero-order valence-electron chi connectivity index (χ0n) is 9.55. The minimum Gasteiger partial charge on any atom is -0.453 e. The summed E-state index contributed by atoms with van der Waals surface area (Å²) >= 11 is 3.33. The molecule has 0 fully saturated rings. The summed E-state index contributed by atoms with van der Waals surface area (Å²) in [6, 6.07) is 4.34. The van der Waals surface area contributed by atoms with Gasteiger partial charge < -0.3 is 9.73 Å². The lowest BCUT2D eigenvalue weighted by Gasteiger charge is -2.12. The lowest BCUT2D eigenvalue weighted by molar-refractivity contribution is 0.393. The molecule has 0 saturated heterocycles. The first-order chi connectivity index (χ1) is 7.27. The van der Waals surface area contributed by atoms with Gasteiger partial charge in [-0.15, -0.1) is 0 Å². The zero-order chi connectivity index (χ0) is 11.1. The van der Waals surface area contributed by atoms with Crippen molar-refractivity contribution in [2.75, 3.05) is 7.05 Å². The van der Waals surface area contributed by atoms with Crippen LogP contribution in [0.2, 0.25) is 0 Å². The number of halogens is 1. The normalized spacial score (nSPS) is 13.0. The number of rotatable bonds is 7. The molecule has 1 unspecified atom stereocenters. The van der Waals surface area contributed by atoms with Crippen LogP contribution in [0.5, 0.6) is 0 Å². The van der Waals surface area contributed by atoms with Gasteiger partial charge in [0.05, 0.1) is 6.04 Å². The van der Waals surface area contributed by atoms with Crippen LogP contribution in [-0.4, -0.2) is 7.05 Å². The molecule has 0 aliphatic carbocycles. The first-order valence-corrected chi connectivity index (χ1v) is 6.49. The predicted octanol–water partition coefficient (Wildman–Crippen LogP) is 4.27. The van der Waals surface area contributed by atoms with Gasteiger partial charge in [0.2, 0.25) is 0 Å². The second kappa shape index (κ2) is 7.07. The van der Waals surface area contributed by atoms with Gasteiger partial charge >= 0.3 is 0 Å². The van der Waals surface area contributed by atoms with Crippen molar-refractivity contribution < 1.29 is 4.42 Å². The molecule has 0 saturated carbocycles. The van der Waals surface area contributed by atoms with Crippen LogP contribution in [0.1, 0.15) is 50.8 Å². The van der Waals surface area contributed by atoms with Crippen LogP contribution in [0.15, 0.2) is 21.2 Å². The Labute approximate surface area is 101 Å². The third-order valence-corrected chi connectivity index (χ3v) is 3.06. The fourth-order valence-corrected chi connectivity index (χ4v) is 2.04. The van der Waals surface area contributed by atoms with Crippen molar-refractivity contribution in [1.29, 1.82) is 0 Å². The molecule has 1 aromatic rings. The summed E-state index contributed by atoms with van der Waals surface area (Å²) in [5, 5.41) is 3.29. The maximum Gasteiger partial charge on any atom is 0.169 e. The number of nitrogens with one attached hydrogen (secondary N) is 1. The van der Waals surface area contributed by atoms with Crippen LogP contribution < -0.4 is 5.32 Å². The van der Waals surface area contributed by atoms with Gasteiger partial charge in [-0.25, -0.2) is 0 Å². The Kier molecular flexibility index (Phi) is 6.03. The van der Waals surface area contributed by atoms with Crippen molar-refractivity contribution in [1.82, 2.24) is 5.32 Å². The van der Waals surface area contributed by atoms with E-state index in [1.807, 2.05) is 19.2 Å². The highest BCUT2D eigenvalue weighted by molar-refractivity contribution is 9.10. The molecule has 86 valence electrons. The number of unbranched alkanes of at least 4 members (excludes halogenated alkanes) is 3. The molecule has 0 spiro atoms. The van der Waals surface area contributed by atoms with Crippen LogP contribution in [-0.2, 0) is 0 Å². The van der Waals surface area contributed by atoms with E-state index in [9.17, 15) is 0 Å². The summed E-state index contributed by atoms with van der Waals surface area (Å²) in [5.74, 6) is 1.03. The molecular formula is C12H20BrNO. The first-order valence-electron chi connectivity index (χ1n) is 5.70. The van der Waals surface area contributed by atoms with E-state index in [1.54, 1.807) is 0 Å². The largest absolute Gasteiger partial charge is 0.453 e. The molecule has 1 heterocycles. The van der Waals surface area contributed by atoms with Crippen molar-refractivity contribution in [2.24, 2.45) is 0 Å². The molecule has 1 rings (SSSR count). The highest BCUT2D eigenvalue weighted by Gasteiger charge is 2.12. The third kappa shape index (κ3) is 4.39. The van der Waals surface area contributed by atoms with Crippen molar-refractivity contribution in [3.63, 3.8) is 0 Å². The molecule has 0 aliphatic rings. The van der Waals surface area contributed by atoms with Crippen LogP contribution in [0.25, 0.3) is 0 Å². The Balaban J connectivity index is 2.35. The Morgan fingerprint density at radius 3 is 2.67 bits per heavy atom. The van der Waals surface area contributed by atoms with Crippen LogP contribution in [0, 0.1) is 0 Å². The quantitative estimate of drug-likeness (QED) is 0.751. The van der Waals surface area contributed by atoms with E-state index < -0.39 is 0 Å². The second-order valence-electron chi connectivity index (χ2n) is 3.83. The molecule has 15 heavy (non-hydrogen) atoms. The molecule has 0 aromatic carbocycles. The molecule has 2 nitrogen and oxygen atoms in total. The molecule has 0 amide bonds. The molecule has 1 N–H and O–H groups in total. The number of hydrogen-bond acceptors (Lipinski definition) is 2. The molecule has 3 heteroatoms. The van der Waals surface area contributed by atoms with E-state index in [0.29, 0.717) is 6.04 Å². The van der Waals surface area contributed by atoms with E-state index >= 15 is 0 Å². The molecule has 1 aromatic heterocycles. The molecule has 0 radical (unpaired) electrons. The topological polar surface area (TPSA) is 25.2 Å². The van der Waals surface area contributed by atoms with Crippen molar-refractivity contribution in [3.05, 3.63) is 22.6 Å². The zero-order valence-corrected chi connectivity index (χ0v) is 11.1. The van der Waals surface area contributed by atoms with Gasteiger partial charge in [0.25, 0.3) is 0 Å². The van der Waals surface area contributed by atoms with Gasteiger partial charge in [0, 0.05) is 0 Å². The van der Waals surface area contributed by atoms with Gasteiger partial charge in [-0.05, 0) is 41.5 Å². The van der Waals surface area contributed by atoms with Gasteiger partial charge in [0.1, 0.15) is 5.76 Å². The molecular weight excluding hydrogens is 254 g/mol. The van der Waals surface area contributed by atoms with Crippen LogP contribution in [0.4, 0.5) is 0 Å². The Morgan fingerprint density at radius 1 is 1.33 bits per heavy atom. The molecule has 1 atom stereocenters.